The number of ether oxygens (including phenoxy) is 1. The zero-order valence-electron chi connectivity index (χ0n) is 15.7. The molecule has 0 radical (unpaired) electrons. The van der Waals surface area contributed by atoms with Crippen molar-refractivity contribution < 1.29 is 9.53 Å². The summed E-state index contributed by atoms with van der Waals surface area (Å²) < 4.78 is 5.47. The average molecular weight is 375 g/mol. The van der Waals surface area contributed by atoms with Crippen molar-refractivity contribution in [1.29, 1.82) is 5.26 Å². The van der Waals surface area contributed by atoms with Gasteiger partial charge in [-0.2, -0.15) is 5.26 Å². The lowest BCUT2D eigenvalue weighted by molar-refractivity contribution is 0.0509. The second kappa shape index (κ2) is 6.92. The van der Waals surface area contributed by atoms with E-state index in [1.54, 1.807) is 24.3 Å². The summed E-state index contributed by atoms with van der Waals surface area (Å²) in [5.41, 5.74) is 2.15. The van der Waals surface area contributed by atoms with Gasteiger partial charge in [-0.3, -0.25) is 0 Å². The molecular formula is C26H17NO2. The predicted octanol–water partition coefficient (Wildman–Crippen LogP) is 5.86. The molecule has 138 valence electrons. The lowest BCUT2D eigenvalue weighted by atomic mass is 9.91. The molecule has 0 fully saturated rings. The Kier molecular flexibility index (Phi) is 4.11. The molecule has 0 spiro atoms. The van der Waals surface area contributed by atoms with Crippen molar-refractivity contribution >= 4 is 38.3 Å². The van der Waals surface area contributed by atoms with Crippen molar-refractivity contribution in [2.75, 3.05) is 6.61 Å². The lowest BCUT2D eigenvalue weighted by Gasteiger charge is -2.14. The molecule has 5 aromatic rings. The number of benzene rings is 5. The maximum absolute atomic E-state index is 12.3. The van der Waals surface area contributed by atoms with Crippen LogP contribution in [0.4, 0.5) is 0 Å². The number of carbonyl (C=O) groups is 1. The van der Waals surface area contributed by atoms with Gasteiger partial charge in [-0.1, -0.05) is 54.6 Å². The Bertz CT molecular complexity index is 1380. The van der Waals surface area contributed by atoms with Gasteiger partial charge in [-0.05, 0) is 62.1 Å². The Hall–Kier alpha value is -3.90. The third-order valence-corrected chi connectivity index (χ3v) is 5.47. The fourth-order valence-electron chi connectivity index (χ4n) is 4.03. The molecule has 0 saturated heterocycles. The maximum atomic E-state index is 12.3. The van der Waals surface area contributed by atoms with Crippen LogP contribution < -0.4 is 0 Å². The Labute approximate surface area is 168 Å². The fraction of sp³-hybridized carbons (Fsp3) is 0.0769. The summed E-state index contributed by atoms with van der Waals surface area (Å²) in [6, 6.07) is 27.8. The topological polar surface area (TPSA) is 50.1 Å². The molecule has 29 heavy (non-hydrogen) atoms. The van der Waals surface area contributed by atoms with Crippen LogP contribution in [-0.2, 0) is 11.2 Å². The zero-order valence-corrected chi connectivity index (χ0v) is 15.7. The molecule has 0 amide bonds. The Morgan fingerprint density at radius 1 is 0.793 bits per heavy atom. The molecule has 0 N–H and O–H groups in total. The van der Waals surface area contributed by atoms with Crippen molar-refractivity contribution in [3.8, 4) is 6.07 Å². The molecule has 0 heterocycles. The van der Waals surface area contributed by atoms with Crippen molar-refractivity contribution in [3.63, 3.8) is 0 Å². The standard InChI is InChI=1S/C26H17NO2/c27-16-17-4-6-22(7-5-17)26(28)29-15-14-18-8-9-21-11-10-19-2-1-3-20-12-13-23(18)25(21)24(19)20/h1-13H,14-15H2. The highest BCUT2D eigenvalue weighted by molar-refractivity contribution is 6.23. The van der Waals surface area contributed by atoms with Crippen LogP contribution in [0.3, 0.4) is 0 Å². The number of nitriles is 1. The molecule has 3 heteroatoms. The van der Waals surface area contributed by atoms with Gasteiger partial charge in [0.2, 0.25) is 0 Å². The third-order valence-electron chi connectivity index (χ3n) is 5.47. The second-order valence-electron chi connectivity index (χ2n) is 7.16. The minimum Gasteiger partial charge on any atom is -0.462 e. The van der Waals surface area contributed by atoms with Gasteiger partial charge in [0.25, 0.3) is 0 Å². The smallest absolute Gasteiger partial charge is 0.338 e. The maximum Gasteiger partial charge on any atom is 0.338 e. The molecule has 3 nitrogen and oxygen atoms in total. The fourth-order valence-corrected chi connectivity index (χ4v) is 4.03. The predicted molar refractivity (Wildman–Crippen MR) is 115 cm³/mol. The Morgan fingerprint density at radius 3 is 2.17 bits per heavy atom. The van der Waals surface area contributed by atoms with Crippen LogP contribution in [0.5, 0.6) is 0 Å². The first-order valence-electron chi connectivity index (χ1n) is 9.57. The van der Waals surface area contributed by atoms with E-state index in [0.29, 0.717) is 24.2 Å². The van der Waals surface area contributed by atoms with Gasteiger partial charge >= 0.3 is 5.97 Å². The first kappa shape index (κ1) is 17.2. The molecule has 0 aliphatic heterocycles. The minimum atomic E-state index is -0.368. The van der Waals surface area contributed by atoms with Gasteiger partial charge in [-0.15, -0.1) is 0 Å². The van der Waals surface area contributed by atoms with E-state index in [1.165, 1.54) is 37.9 Å². The summed E-state index contributed by atoms with van der Waals surface area (Å²) in [6.45, 7) is 0.308. The Morgan fingerprint density at radius 2 is 1.45 bits per heavy atom. The van der Waals surface area contributed by atoms with E-state index < -0.39 is 0 Å². The van der Waals surface area contributed by atoms with Crippen LogP contribution in [0.2, 0.25) is 0 Å². The molecule has 0 aromatic heterocycles. The summed E-state index contributed by atoms with van der Waals surface area (Å²) in [7, 11) is 0. The number of hydrogen-bond donors (Lipinski definition) is 0. The van der Waals surface area contributed by atoms with Crippen molar-refractivity contribution in [2.45, 2.75) is 6.42 Å². The van der Waals surface area contributed by atoms with Gasteiger partial charge < -0.3 is 4.74 Å². The molecule has 0 unspecified atom stereocenters. The Balaban J connectivity index is 1.42. The highest BCUT2D eigenvalue weighted by atomic mass is 16.5. The van der Waals surface area contributed by atoms with Crippen LogP contribution in [0, 0.1) is 11.3 Å². The van der Waals surface area contributed by atoms with Gasteiger partial charge in [0.1, 0.15) is 0 Å². The lowest BCUT2D eigenvalue weighted by Crippen LogP contribution is -2.08. The summed E-state index contributed by atoms with van der Waals surface area (Å²) in [4.78, 5) is 12.3. The summed E-state index contributed by atoms with van der Waals surface area (Å²) >= 11 is 0. The van der Waals surface area contributed by atoms with Gasteiger partial charge in [0.15, 0.2) is 0 Å². The van der Waals surface area contributed by atoms with E-state index in [4.69, 9.17) is 10.00 Å². The molecule has 0 bridgehead atoms. The first-order chi connectivity index (χ1) is 14.2. The van der Waals surface area contributed by atoms with E-state index in [1.807, 2.05) is 6.07 Å². The van der Waals surface area contributed by atoms with Crippen LogP contribution in [0.25, 0.3) is 32.3 Å². The number of nitrogens with zero attached hydrogens (tertiary/aromatic N) is 1. The van der Waals surface area contributed by atoms with Crippen LogP contribution in [0.1, 0.15) is 21.5 Å². The van der Waals surface area contributed by atoms with E-state index in [9.17, 15) is 4.79 Å². The van der Waals surface area contributed by atoms with Crippen molar-refractivity contribution in [2.24, 2.45) is 0 Å². The van der Waals surface area contributed by atoms with Crippen molar-refractivity contribution in [1.82, 2.24) is 0 Å². The van der Waals surface area contributed by atoms with E-state index >= 15 is 0 Å². The largest absolute Gasteiger partial charge is 0.462 e. The molecule has 5 aromatic carbocycles. The number of esters is 1. The monoisotopic (exact) mass is 375 g/mol. The number of rotatable bonds is 4. The highest BCUT2D eigenvalue weighted by Gasteiger charge is 2.12. The van der Waals surface area contributed by atoms with Gasteiger partial charge in [0.05, 0.1) is 23.8 Å². The number of hydrogen-bond acceptors (Lipinski definition) is 3. The molecule has 0 saturated carbocycles. The minimum absolute atomic E-state index is 0.308. The average Bonchev–Trinajstić information content (AvgIpc) is 2.78. The first-order valence-corrected chi connectivity index (χ1v) is 9.57. The quantitative estimate of drug-likeness (QED) is 0.292. The van der Waals surface area contributed by atoms with Crippen molar-refractivity contribution in [3.05, 3.63) is 95.6 Å². The van der Waals surface area contributed by atoms with E-state index in [2.05, 4.69) is 54.6 Å². The highest BCUT2D eigenvalue weighted by Crippen LogP contribution is 2.35. The van der Waals surface area contributed by atoms with Crippen LogP contribution in [0.15, 0.2) is 78.9 Å². The third kappa shape index (κ3) is 2.96. The van der Waals surface area contributed by atoms with Crippen LogP contribution >= 0.6 is 0 Å². The van der Waals surface area contributed by atoms with Gasteiger partial charge in [-0.25, -0.2) is 4.79 Å². The summed E-state index contributed by atoms with van der Waals surface area (Å²) in [6.07, 6.45) is 0.649. The molecular weight excluding hydrogens is 358 g/mol. The molecule has 0 aliphatic carbocycles. The molecule has 5 rings (SSSR count). The normalized spacial score (nSPS) is 11.1. The zero-order chi connectivity index (χ0) is 19.8. The van der Waals surface area contributed by atoms with Gasteiger partial charge in [0, 0.05) is 6.42 Å². The number of carbonyl (C=O) groups excluding carboxylic acids is 1. The summed E-state index contributed by atoms with van der Waals surface area (Å²) in [5, 5.41) is 16.3. The molecule has 0 aliphatic rings. The summed E-state index contributed by atoms with van der Waals surface area (Å²) in [5.74, 6) is -0.368. The molecule has 0 atom stereocenters. The van der Waals surface area contributed by atoms with Crippen LogP contribution in [-0.4, -0.2) is 12.6 Å². The second-order valence-corrected chi connectivity index (χ2v) is 7.16. The van der Waals surface area contributed by atoms with E-state index in [-0.39, 0.29) is 5.97 Å². The SMILES string of the molecule is N#Cc1ccc(C(=O)OCCc2ccc3ccc4cccc5ccc2c3c45)cc1. The van der Waals surface area contributed by atoms with E-state index in [0.717, 1.165) is 0 Å².